The highest BCUT2D eigenvalue weighted by Gasteiger charge is 2.59. The van der Waals surface area contributed by atoms with Crippen molar-refractivity contribution >= 4 is 5.97 Å². The lowest BCUT2D eigenvalue weighted by Gasteiger charge is -2.58. The molecule has 0 radical (unpaired) electrons. The van der Waals surface area contributed by atoms with Gasteiger partial charge in [-0.05, 0) is 116 Å². The fraction of sp³-hybridized carbons (Fsp3) is 0.743. The van der Waals surface area contributed by atoms with Gasteiger partial charge in [-0.2, -0.15) is 0 Å². The van der Waals surface area contributed by atoms with Gasteiger partial charge in [0.1, 0.15) is 11.9 Å². The van der Waals surface area contributed by atoms with E-state index in [0.717, 1.165) is 60.5 Å². The quantitative estimate of drug-likeness (QED) is 0.253. The number of carbonyl (C=O) groups excluding carboxylic acids is 1. The zero-order valence-corrected chi connectivity index (χ0v) is 24.9. The van der Waals surface area contributed by atoms with Crippen molar-refractivity contribution in [3.63, 3.8) is 0 Å². The van der Waals surface area contributed by atoms with Crippen LogP contribution < -0.4 is 4.74 Å². The number of rotatable bonds is 8. The second-order valence-electron chi connectivity index (χ2n) is 14.3. The Morgan fingerprint density at radius 2 is 1.74 bits per heavy atom. The van der Waals surface area contributed by atoms with Crippen molar-refractivity contribution in [1.29, 1.82) is 0 Å². The Kier molecular flexibility index (Phi) is 8.05. The Labute approximate surface area is 232 Å². The molecule has 0 heterocycles. The van der Waals surface area contributed by atoms with Crippen molar-refractivity contribution in [2.45, 2.75) is 111 Å². The Bertz CT molecular complexity index is 1010. The van der Waals surface area contributed by atoms with Crippen LogP contribution in [0.3, 0.4) is 0 Å². The molecule has 0 spiro atoms. The lowest BCUT2D eigenvalue weighted by molar-refractivity contribution is -0.0594. The van der Waals surface area contributed by atoms with Gasteiger partial charge >= 0.3 is 5.97 Å². The molecule has 0 unspecified atom stereocenters. The predicted molar refractivity (Wildman–Crippen MR) is 155 cm³/mol. The van der Waals surface area contributed by atoms with Gasteiger partial charge in [0.15, 0.2) is 0 Å². The molecule has 8 atom stereocenters. The standard InChI is InChI=1S/C35H52O3/c1-23(2)8-7-9-24(3)30-16-17-31-29-15-12-26-22-28(38-33(36)25-10-13-27(37-6)14-11-25)18-20-34(26,4)32(29)19-21-35(30,31)5/h10-14,23-24,28-32H,7-9,15-22H2,1-6H3/t24-,28+,29+,30-,31+,32+,34+,35-/m1/s1. The zero-order chi connectivity index (χ0) is 27.1. The van der Waals surface area contributed by atoms with Crippen LogP contribution in [-0.4, -0.2) is 19.2 Å². The summed E-state index contributed by atoms with van der Waals surface area (Å²) in [7, 11) is 1.64. The normalized spacial score (nSPS) is 37.0. The molecule has 210 valence electrons. The summed E-state index contributed by atoms with van der Waals surface area (Å²) in [5.74, 6) is 5.68. The molecule has 0 saturated heterocycles. The van der Waals surface area contributed by atoms with E-state index in [2.05, 4.69) is 40.7 Å². The van der Waals surface area contributed by atoms with Crippen LogP contribution in [0.25, 0.3) is 0 Å². The van der Waals surface area contributed by atoms with E-state index < -0.39 is 0 Å². The summed E-state index contributed by atoms with van der Waals surface area (Å²) in [6.07, 6.45) is 16.8. The van der Waals surface area contributed by atoms with Crippen molar-refractivity contribution in [1.82, 2.24) is 0 Å². The van der Waals surface area contributed by atoms with Crippen molar-refractivity contribution in [2.75, 3.05) is 7.11 Å². The smallest absolute Gasteiger partial charge is 0.338 e. The lowest BCUT2D eigenvalue weighted by atomic mass is 9.47. The number of hydrogen-bond acceptors (Lipinski definition) is 3. The van der Waals surface area contributed by atoms with Gasteiger partial charge in [0.05, 0.1) is 12.7 Å². The maximum absolute atomic E-state index is 12.8. The monoisotopic (exact) mass is 520 g/mol. The van der Waals surface area contributed by atoms with Crippen LogP contribution in [0.15, 0.2) is 35.9 Å². The third kappa shape index (κ3) is 5.08. The predicted octanol–water partition coefficient (Wildman–Crippen LogP) is 9.26. The molecule has 0 aliphatic heterocycles. The number of hydrogen-bond donors (Lipinski definition) is 0. The Hall–Kier alpha value is -1.77. The van der Waals surface area contributed by atoms with Gasteiger partial charge in [-0.1, -0.05) is 65.5 Å². The third-order valence-electron chi connectivity index (χ3n) is 11.9. The highest BCUT2D eigenvalue weighted by molar-refractivity contribution is 5.89. The van der Waals surface area contributed by atoms with Gasteiger partial charge in [-0.15, -0.1) is 0 Å². The molecule has 3 heteroatoms. The van der Waals surface area contributed by atoms with Crippen LogP contribution in [-0.2, 0) is 4.74 Å². The maximum Gasteiger partial charge on any atom is 0.338 e. The van der Waals surface area contributed by atoms with Crippen molar-refractivity contribution in [2.24, 2.45) is 46.3 Å². The largest absolute Gasteiger partial charge is 0.497 e. The molecule has 1 aromatic carbocycles. The number of benzene rings is 1. The van der Waals surface area contributed by atoms with E-state index in [-0.39, 0.29) is 17.5 Å². The third-order valence-corrected chi connectivity index (χ3v) is 11.9. The first-order valence-corrected chi connectivity index (χ1v) is 15.7. The van der Waals surface area contributed by atoms with Crippen LogP contribution in [0.2, 0.25) is 0 Å². The van der Waals surface area contributed by atoms with Crippen LogP contribution in [0.1, 0.15) is 116 Å². The average molecular weight is 521 g/mol. The van der Waals surface area contributed by atoms with Gasteiger partial charge in [0, 0.05) is 6.42 Å². The molecular formula is C35H52O3. The number of carbonyl (C=O) groups is 1. The number of methoxy groups -OCH3 is 1. The highest BCUT2D eigenvalue weighted by Crippen LogP contribution is 2.67. The number of esters is 1. The number of ether oxygens (including phenoxy) is 2. The molecular weight excluding hydrogens is 468 g/mol. The molecule has 3 saturated carbocycles. The van der Waals surface area contributed by atoms with E-state index in [1.165, 1.54) is 51.4 Å². The topological polar surface area (TPSA) is 35.5 Å². The summed E-state index contributed by atoms with van der Waals surface area (Å²) in [6.45, 7) is 12.5. The van der Waals surface area contributed by atoms with Gasteiger partial charge in [-0.25, -0.2) is 4.79 Å². The van der Waals surface area contributed by atoms with Crippen molar-refractivity contribution in [3.8, 4) is 5.75 Å². The number of allylic oxidation sites excluding steroid dienone is 1. The van der Waals surface area contributed by atoms with Crippen LogP contribution in [0.5, 0.6) is 5.75 Å². The van der Waals surface area contributed by atoms with E-state index in [4.69, 9.17) is 9.47 Å². The first-order valence-electron chi connectivity index (χ1n) is 15.7. The minimum Gasteiger partial charge on any atom is -0.497 e. The van der Waals surface area contributed by atoms with E-state index in [0.29, 0.717) is 11.0 Å². The maximum atomic E-state index is 12.8. The fourth-order valence-corrected chi connectivity index (χ4v) is 9.70. The van der Waals surface area contributed by atoms with Crippen LogP contribution >= 0.6 is 0 Å². The van der Waals surface area contributed by atoms with E-state index in [9.17, 15) is 4.79 Å². The Morgan fingerprint density at radius 3 is 2.45 bits per heavy atom. The molecule has 38 heavy (non-hydrogen) atoms. The minimum atomic E-state index is -0.205. The lowest BCUT2D eigenvalue weighted by Crippen LogP contribution is -2.51. The van der Waals surface area contributed by atoms with E-state index in [1.807, 2.05) is 12.1 Å². The van der Waals surface area contributed by atoms with Crippen molar-refractivity contribution < 1.29 is 14.3 Å². The minimum absolute atomic E-state index is 0.00289. The second-order valence-corrected chi connectivity index (χ2v) is 14.3. The summed E-state index contributed by atoms with van der Waals surface area (Å²) >= 11 is 0. The van der Waals surface area contributed by atoms with Gasteiger partial charge in [0.2, 0.25) is 0 Å². The molecule has 5 rings (SSSR count). The highest BCUT2D eigenvalue weighted by atomic mass is 16.5. The first-order chi connectivity index (χ1) is 18.2. The Balaban J connectivity index is 1.24. The molecule has 0 bridgehead atoms. The van der Waals surface area contributed by atoms with Crippen LogP contribution in [0.4, 0.5) is 0 Å². The molecule has 3 fully saturated rings. The fourth-order valence-electron chi connectivity index (χ4n) is 9.70. The van der Waals surface area contributed by atoms with E-state index in [1.54, 1.807) is 24.8 Å². The Morgan fingerprint density at radius 1 is 0.974 bits per heavy atom. The van der Waals surface area contributed by atoms with Gasteiger partial charge in [0.25, 0.3) is 0 Å². The molecule has 4 aliphatic carbocycles. The van der Waals surface area contributed by atoms with Gasteiger partial charge < -0.3 is 9.47 Å². The average Bonchev–Trinajstić information content (AvgIpc) is 3.26. The molecule has 0 aromatic heterocycles. The molecule has 3 nitrogen and oxygen atoms in total. The van der Waals surface area contributed by atoms with Crippen molar-refractivity contribution in [3.05, 3.63) is 41.5 Å². The molecule has 1 aromatic rings. The summed E-state index contributed by atoms with van der Waals surface area (Å²) in [6, 6.07) is 7.26. The summed E-state index contributed by atoms with van der Waals surface area (Å²) in [4.78, 5) is 12.8. The molecule has 4 aliphatic rings. The molecule has 0 amide bonds. The summed E-state index contributed by atoms with van der Waals surface area (Å²) in [5, 5.41) is 0. The molecule has 0 N–H and O–H groups in total. The van der Waals surface area contributed by atoms with Crippen LogP contribution in [0, 0.1) is 46.3 Å². The van der Waals surface area contributed by atoms with E-state index >= 15 is 0 Å². The first kappa shape index (κ1) is 27.8. The summed E-state index contributed by atoms with van der Waals surface area (Å²) < 4.78 is 11.3. The second kappa shape index (κ2) is 11.0. The van der Waals surface area contributed by atoms with Gasteiger partial charge in [-0.3, -0.25) is 0 Å². The SMILES string of the molecule is COc1ccc(C(=O)O[C@H]2CC[C@@]3(C)C(=CC[C@H]4[C@@H]5CC[C@H]([C@H](C)CCCC(C)C)[C@@]5(C)CC[C@@H]43)C2)cc1. The number of fused-ring (bicyclic) bond motifs is 5. The summed E-state index contributed by atoms with van der Waals surface area (Å²) in [5.41, 5.74) is 3.01. The zero-order valence-electron chi connectivity index (χ0n) is 24.9.